The number of hydrogen-bond acceptors (Lipinski definition) is 4. The van der Waals surface area contributed by atoms with E-state index in [2.05, 4.69) is 5.32 Å². The Kier molecular flexibility index (Phi) is 6.65. The maximum atomic E-state index is 12.5. The minimum atomic E-state index is -3.24. The molecule has 0 saturated heterocycles. The van der Waals surface area contributed by atoms with Gasteiger partial charge in [-0.3, -0.25) is 4.79 Å². The summed E-state index contributed by atoms with van der Waals surface area (Å²) in [6.45, 7) is 7.70. The van der Waals surface area contributed by atoms with Gasteiger partial charge < -0.3 is 10.1 Å². The van der Waals surface area contributed by atoms with E-state index in [0.29, 0.717) is 12.2 Å². The summed E-state index contributed by atoms with van der Waals surface area (Å²) >= 11 is 0. The van der Waals surface area contributed by atoms with Gasteiger partial charge in [0.25, 0.3) is 5.91 Å². The number of rotatable bonds is 7. The van der Waals surface area contributed by atoms with E-state index in [4.69, 9.17) is 4.74 Å². The molecule has 0 fully saturated rings. The van der Waals surface area contributed by atoms with E-state index < -0.39 is 15.9 Å². The Labute approximate surface area is 161 Å². The summed E-state index contributed by atoms with van der Waals surface area (Å²) in [4.78, 5) is 12.8. The van der Waals surface area contributed by atoms with Crippen molar-refractivity contribution in [2.45, 2.75) is 51.2 Å². The molecular formula is C21H27NO4S. The van der Waals surface area contributed by atoms with E-state index in [-0.39, 0.29) is 16.8 Å². The topological polar surface area (TPSA) is 72.5 Å². The average Bonchev–Trinajstić information content (AvgIpc) is 2.62. The predicted octanol–water partition coefficient (Wildman–Crippen LogP) is 3.74. The third kappa shape index (κ3) is 5.57. The van der Waals surface area contributed by atoms with Crippen LogP contribution in [0.1, 0.15) is 43.0 Å². The monoisotopic (exact) mass is 389 g/mol. The number of amides is 1. The van der Waals surface area contributed by atoms with Gasteiger partial charge in [0.15, 0.2) is 15.9 Å². The molecule has 0 aliphatic heterocycles. The molecule has 146 valence electrons. The van der Waals surface area contributed by atoms with Crippen molar-refractivity contribution in [3.63, 3.8) is 0 Å². The molecular weight excluding hydrogens is 362 g/mol. The molecule has 1 N–H and O–H groups in total. The van der Waals surface area contributed by atoms with Crippen LogP contribution < -0.4 is 10.1 Å². The zero-order valence-electron chi connectivity index (χ0n) is 16.4. The molecule has 0 unspecified atom stereocenters. The summed E-state index contributed by atoms with van der Waals surface area (Å²) in [7, 11) is -3.24. The molecule has 0 aliphatic rings. The zero-order valence-corrected chi connectivity index (χ0v) is 17.3. The predicted molar refractivity (Wildman–Crippen MR) is 107 cm³/mol. The Morgan fingerprint density at radius 3 is 2.22 bits per heavy atom. The molecule has 0 bridgehead atoms. The van der Waals surface area contributed by atoms with Gasteiger partial charge in [0, 0.05) is 6.26 Å². The summed E-state index contributed by atoms with van der Waals surface area (Å²) < 4.78 is 28.9. The summed E-state index contributed by atoms with van der Waals surface area (Å²) in [5.74, 6) is 0.443. The molecule has 0 spiro atoms. The van der Waals surface area contributed by atoms with Crippen molar-refractivity contribution in [2.75, 3.05) is 6.26 Å². The van der Waals surface area contributed by atoms with Crippen LogP contribution in [0.5, 0.6) is 5.75 Å². The fourth-order valence-electron chi connectivity index (χ4n) is 2.70. The number of ether oxygens (including phenoxy) is 1. The van der Waals surface area contributed by atoms with Crippen LogP contribution in [0.4, 0.5) is 0 Å². The quantitative estimate of drug-likeness (QED) is 0.783. The number of benzene rings is 2. The van der Waals surface area contributed by atoms with Gasteiger partial charge in [0.1, 0.15) is 5.75 Å². The maximum Gasteiger partial charge on any atom is 0.261 e. The first-order chi connectivity index (χ1) is 12.6. The Balaban J connectivity index is 2.06. The van der Waals surface area contributed by atoms with Crippen LogP contribution in [-0.4, -0.2) is 26.7 Å². The van der Waals surface area contributed by atoms with Crippen molar-refractivity contribution >= 4 is 15.7 Å². The minimum Gasteiger partial charge on any atom is -0.481 e. The SMILES string of the molecule is CC[C@@H](NC(=O)[C@H](C)Oc1ccc(C)c(C)c1)c1ccc(S(C)(=O)=O)cc1. The lowest BCUT2D eigenvalue weighted by atomic mass is 10.0. The lowest BCUT2D eigenvalue weighted by molar-refractivity contribution is -0.128. The first-order valence-corrected chi connectivity index (χ1v) is 10.8. The highest BCUT2D eigenvalue weighted by Gasteiger charge is 2.20. The molecule has 0 aromatic heterocycles. The molecule has 0 saturated carbocycles. The molecule has 0 radical (unpaired) electrons. The number of hydrogen-bond donors (Lipinski definition) is 1. The van der Waals surface area contributed by atoms with Crippen LogP contribution in [0.3, 0.4) is 0 Å². The fraction of sp³-hybridized carbons (Fsp3) is 0.381. The molecule has 27 heavy (non-hydrogen) atoms. The van der Waals surface area contributed by atoms with E-state index in [1.165, 1.54) is 11.8 Å². The van der Waals surface area contributed by atoms with Crippen molar-refractivity contribution in [3.05, 3.63) is 59.2 Å². The van der Waals surface area contributed by atoms with Crippen LogP contribution in [0, 0.1) is 13.8 Å². The molecule has 1 amide bonds. The van der Waals surface area contributed by atoms with Gasteiger partial charge in [-0.15, -0.1) is 0 Å². The van der Waals surface area contributed by atoms with E-state index in [1.54, 1.807) is 31.2 Å². The zero-order chi connectivity index (χ0) is 20.2. The number of aryl methyl sites for hydroxylation is 2. The maximum absolute atomic E-state index is 12.5. The lowest BCUT2D eigenvalue weighted by Crippen LogP contribution is -2.38. The lowest BCUT2D eigenvalue weighted by Gasteiger charge is -2.21. The largest absolute Gasteiger partial charge is 0.481 e. The third-order valence-electron chi connectivity index (χ3n) is 4.60. The minimum absolute atomic E-state index is 0.211. The van der Waals surface area contributed by atoms with Crippen LogP contribution in [-0.2, 0) is 14.6 Å². The molecule has 2 aromatic carbocycles. The van der Waals surface area contributed by atoms with E-state index in [9.17, 15) is 13.2 Å². The number of carbonyl (C=O) groups excluding carboxylic acids is 1. The van der Waals surface area contributed by atoms with Crippen LogP contribution in [0.2, 0.25) is 0 Å². The molecule has 2 aromatic rings. The molecule has 2 atom stereocenters. The van der Waals surface area contributed by atoms with Crippen molar-refractivity contribution in [1.29, 1.82) is 0 Å². The first kappa shape index (κ1) is 21.0. The van der Waals surface area contributed by atoms with Gasteiger partial charge in [-0.25, -0.2) is 8.42 Å². The number of carbonyl (C=O) groups is 1. The Bertz CT molecular complexity index is 904. The summed E-state index contributed by atoms with van der Waals surface area (Å²) in [5.41, 5.74) is 3.14. The van der Waals surface area contributed by atoms with Crippen molar-refractivity contribution in [3.8, 4) is 5.75 Å². The van der Waals surface area contributed by atoms with Gasteiger partial charge in [-0.05, 0) is 68.1 Å². The van der Waals surface area contributed by atoms with Crippen molar-refractivity contribution in [1.82, 2.24) is 5.32 Å². The highest BCUT2D eigenvalue weighted by molar-refractivity contribution is 7.90. The second-order valence-electron chi connectivity index (χ2n) is 6.82. The molecule has 5 nitrogen and oxygen atoms in total. The van der Waals surface area contributed by atoms with Crippen LogP contribution >= 0.6 is 0 Å². The molecule has 2 rings (SSSR count). The van der Waals surface area contributed by atoms with Crippen LogP contribution in [0.25, 0.3) is 0 Å². The molecule has 0 heterocycles. The van der Waals surface area contributed by atoms with E-state index in [0.717, 1.165) is 11.1 Å². The molecule has 6 heteroatoms. The van der Waals surface area contributed by atoms with E-state index >= 15 is 0 Å². The van der Waals surface area contributed by atoms with Gasteiger partial charge in [0.05, 0.1) is 10.9 Å². The normalized spacial score (nSPS) is 13.7. The van der Waals surface area contributed by atoms with Crippen molar-refractivity contribution in [2.24, 2.45) is 0 Å². The summed E-state index contributed by atoms with van der Waals surface area (Å²) in [6, 6.07) is 12.1. The van der Waals surface area contributed by atoms with Crippen LogP contribution in [0.15, 0.2) is 47.4 Å². The third-order valence-corrected chi connectivity index (χ3v) is 5.72. The highest BCUT2D eigenvalue weighted by Crippen LogP contribution is 2.21. The van der Waals surface area contributed by atoms with Gasteiger partial charge in [-0.1, -0.05) is 25.1 Å². The Morgan fingerprint density at radius 1 is 1.07 bits per heavy atom. The standard InChI is InChI=1S/C21H27NO4S/c1-6-20(17-8-11-19(12-9-17)27(5,24)25)22-21(23)16(4)26-18-10-7-14(2)15(3)13-18/h7-13,16,20H,6H2,1-5H3,(H,22,23)/t16-,20+/m0/s1. The van der Waals surface area contributed by atoms with Gasteiger partial charge >= 0.3 is 0 Å². The summed E-state index contributed by atoms with van der Waals surface area (Å²) in [5, 5.41) is 2.97. The number of nitrogens with one attached hydrogen (secondary N) is 1. The van der Waals surface area contributed by atoms with Crippen molar-refractivity contribution < 1.29 is 17.9 Å². The fourth-order valence-corrected chi connectivity index (χ4v) is 3.33. The second-order valence-corrected chi connectivity index (χ2v) is 8.83. The smallest absolute Gasteiger partial charge is 0.261 e. The number of sulfone groups is 1. The Morgan fingerprint density at radius 2 is 1.70 bits per heavy atom. The average molecular weight is 390 g/mol. The Hall–Kier alpha value is -2.34. The van der Waals surface area contributed by atoms with E-state index in [1.807, 2.05) is 39.0 Å². The highest BCUT2D eigenvalue weighted by atomic mass is 32.2. The molecule has 0 aliphatic carbocycles. The van der Waals surface area contributed by atoms with Gasteiger partial charge in [-0.2, -0.15) is 0 Å². The van der Waals surface area contributed by atoms with Gasteiger partial charge in [0.2, 0.25) is 0 Å². The second kappa shape index (κ2) is 8.57. The summed E-state index contributed by atoms with van der Waals surface area (Å²) in [6.07, 6.45) is 1.21. The first-order valence-electron chi connectivity index (χ1n) is 8.96.